The molecule has 60 heavy (non-hydrogen) atoms. The molecule has 10 aromatic rings. The fourth-order valence-electron chi connectivity index (χ4n) is 11.1. The van der Waals surface area contributed by atoms with E-state index in [2.05, 4.69) is 210 Å². The first-order valence-electron chi connectivity index (χ1n) is 20.7. The smallest absolute Gasteiger partial charge is 0.142 e. The Morgan fingerprint density at radius 1 is 0.467 bits per heavy atom. The van der Waals surface area contributed by atoms with E-state index >= 15 is 4.57 Å². The second-order valence-corrected chi connectivity index (χ2v) is 19.2. The fourth-order valence-corrected chi connectivity index (χ4v) is 13.7. The number of hydrogen-bond donors (Lipinski definition) is 0. The quantitative estimate of drug-likeness (QED) is 0.166. The summed E-state index contributed by atoms with van der Waals surface area (Å²) < 4.78 is 18.1. The van der Waals surface area contributed by atoms with Gasteiger partial charge in [-0.25, -0.2) is 0 Å². The Hall–Kier alpha value is -7.19. The van der Waals surface area contributed by atoms with Crippen molar-refractivity contribution in [2.24, 2.45) is 0 Å². The van der Waals surface area contributed by atoms with E-state index in [1.807, 2.05) is 12.7 Å². The predicted molar refractivity (Wildman–Crippen MR) is 250 cm³/mol. The van der Waals surface area contributed by atoms with Crippen LogP contribution in [-0.4, -0.2) is 11.2 Å². The summed E-state index contributed by atoms with van der Waals surface area (Å²) in [6.07, 6.45) is 0. The molecule has 1 spiro atoms. The van der Waals surface area contributed by atoms with Gasteiger partial charge in [0.15, 0.2) is 0 Å². The Morgan fingerprint density at radius 3 is 1.95 bits per heavy atom. The maximum absolute atomic E-state index is 15.6. The van der Waals surface area contributed by atoms with Crippen LogP contribution in [0.4, 0.5) is 17.1 Å². The maximum Gasteiger partial charge on any atom is 0.142 e. The van der Waals surface area contributed by atoms with E-state index in [0.717, 1.165) is 49.9 Å². The summed E-state index contributed by atoms with van der Waals surface area (Å²) in [7, 11) is -3.03. The third kappa shape index (κ3) is 4.27. The van der Waals surface area contributed by atoms with Crippen molar-refractivity contribution in [2.45, 2.75) is 5.41 Å². The third-order valence-electron chi connectivity index (χ3n) is 13.5. The summed E-state index contributed by atoms with van der Waals surface area (Å²) in [5.74, 6) is 0. The van der Waals surface area contributed by atoms with Gasteiger partial charge in [0, 0.05) is 38.4 Å². The van der Waals surface area contributed by atoms with Crippen molar-refractivity contribution in [3.05, 3.63) is 229 Å². The lowest BCUT2D eigenvalue weighted by Crippen LogP contribution is -2.33. The first-order valence-corrected chi connectivity index (χ1v) is 22.8. The van der Waals surface area contributed by atoms with Crippen molar-refractivity contribution < 1.29 is 4.57 Å². The lowest BCUT2D eigenvalue weighted by atomic mass is 9.65. The molecule has 0 saturated heterocycles. The van der Waals surface area contributed by atoms with Gasteiger partial charge in [-0.15, -0.1) is 0 Å². The number of benzene rings is 9. The Balaban J connectivity index is 1.14. The molecule has 282 valence electrons. The molecule has 0 N–H and O–H groups in total. The summed E-state index contributed by atoms with van der Waals surface area (Å²) in [4.78, 5) is 2.36. The fraction of sp³-hybridized carbons (Fsp3) is 0.0357. The Kier molecular flexibility index (Phi) is 6.85. The number of hydrogen-bond acceptors (Lipinski definition) is 2. The Morgan fingerprint density at radius 2 is 1.10 bits per heavy atom. The zero-order valence-electron chi connectivity index (χ0n) is 32.9. The third-order valence-corrected chi connectivity index (χ3v) is 16.1. The second-order valence-electron chi connectivity index (χ2n) is 16.5. The van der Waals surface area contributed by atoms with Gasteiger partial charge in [-0.1, -0.05) is 158 Å². The number of anilines is 3. The van der Waals surface area contributed by atoms with Crippen LogP contribution in [0.25, 0.3) is 60.9 Å². The number of nitrogens with zero attached hydrogens (tertiary/aromatic N) is 2. The highest BCUT2D eigenvalue weighted by atomic mass is 31.2. The number of rotatable bonds is 4. The molecule has 2 aliphatic heterocycles. The van der Waals surface area contributed by atoms with Crippen LogP contribution in [0.15, 0.2) is 206 Å². The molecule has 13 rings (SSSR count). The van der Waals surface area contributed by atoms with E-state index in [4.69, 9.17) is 0 Å². The van der Waals surface area contributed by atoms with Gasteiger partial charge in [0.05, 0.1) is 22.1 Å². The van der Waals surface area contributed by atoms with Crippen molar-refractivity contribution in [3.8, 4) is 39.1 Å². The molecule has 9 aromatic carbocycles. The van der Waals surface area contributed by atoms with Crippen LogP contribution in [0.1, 0.15) is 22.3 Å². The number of aromatic nitrogens is 1. The van der Waals surface area contributed by atoms with Gasteiger partial charge in [0.25, 0.3) is 0 Å². The molecule has 4 heteroatoms. The molecule has 0 fully saturated rings. The maximum atomic E-state index is 15.6. The van der Waals surface area contributed by atoms with Gasteiger partial charge in [-0.2, -0.15) is 0 Å². The van der Waals surface area contributed by atoms with E-state index in [0.29, 0.717) is 0 Å². The van der Waals surface area contributed by atoms with Gasteiger partial charge < -0.3 is 14.0 Å². The monoisotopic (exact) mass is 784 g/mol. The molecule has 3 nitrogen and oxygen atoms in total. The molecule has 0 radical (unpaired) electrons. The molecular weight excluding hydrogens is 748 g/mol. The zero-order chi connectivity index (χ0) is 39.7. The number of fused-ring (bicyclic) bond motifs is 16. The van der Waals surface area contributed by atoms with Gasteiger partial charge in [-0.05, 0) is 111 Å². The predicted octanol–water partition coefficient (Wildman–Crippen LogP) is 13.5. The second kappa shape index (κ2) is 12.2. The van der Waals surface area contributed by atoms with Crippen LogP contribution in [0.5, 0.6) is 0 Å². The lowest BCUT2D eigenvalue weighted by molar-refractivity contribution is 0.591. The Bertz CT molecular complexity index is 3480. The van der Waals surface area contributed by atoms with Crippen molar-refractivity contribution >= 4 is 56.6 Å². The first kappa shape index (κ1) is 33.7. The van der Waals surface area contributed by atoms with E-state index in [1.54, 1.807) is 0 Å². The minimum atomic E-state index is -3.03. The molecule has 3 aliphatic rings. The molecular formula is C56H37N2OP. The van der Waals surface area contributed by atoms with Crippen LogP contribution < -0.4 is 15.5 Å². The van der Waals surface area contributed by atoms with Crippen molar-refractivity contribution in [1.82, 2.24) is 4.57 Å². The van der Waals surface area contributed by atoms with Crippen LogP contribution in [0, 0.1) is 0 Å². The van der Waals surface area contributed by atoms with E-state index < -0.39 is 12.6 Å². The highest BCUT2D eigenvalue weighted by Gasteiger charge is 2.53. The van der Waals surface area contributed by atoms with E-state index in [9.17, 15) is 0 Å². The van der Waals surface area contributed by atoms with Crippen molar-refractivity contribution in [1.29, 1.82) is 0 Å². The molecule has 3 heterocycles. The summed E-state index contributed by atoms with van der Waals surface area (Å²) in [6.45, 7) is 1.99. The van der Waals surface area contributed by atoms with Crippen LogP contribution in [-0.2, 0) is 9.98 Å². The molecule has 0 amide bonds. The van der Waals surface area contributed by atoms with Gasteiger partial charge >= 0.3 is 0 Å². The van der Waals surface area contributed by atoms with Crippen LogP contribution >= 0.6 is 7.14 Å². The summed E-state index contributed by atoms with van der Waals surface area (Å²) in [5, 5.41) is 4.41. The zero-order valence-corrected chi connectivity index (χ0v) is 33.8. The normalized spacial score (nSPS) is 17.6. The molecule has 0 saturated carbocycles. The van der Waals surface area contributed by atoms with Crippen molar-refractivity contribution in [2.75, 3.05) is 11.6 Å². The highest BCUT2D eigenvalue weighted by molar-refractivity contribution is 7.79. The van der Waals surface area contributed by atoms with E-state index in [1.165, 1.54) is 60.9 Å². The molecule has 0 bridgehead atoms. The SMILES string of the molecule is C[P@]1(=O)c2ccccc2-c2ccc3c(c21)-c1cc(N(c2ccccc2)c2ccc(-c4ccccc4)cc2)ccc1C31c2ccccc2-n2c3ccccc3c3cccc1c32. The largest absolute Gasteiger partial charge is 0.314 e. The summed E-state index contributed by atoms with van der Waals surface area (Å²) >= 11 is 0. The molecule has 1 unspecified atom stereocenters. The average Bonchev–Trinajstić information content (AvgIpc) is 3.88. The van der Waals surface area contributed by atoms with Gasteiger partial charge in [0.2, 0.25) is 0 Å². The van der Waals surface area contributed by atoms with Gasteiger partial charge in [-0.3, -0.25) is 0 Å². The molecule has 1 aliphatic carbocycles. The standard InChI is InChI=1S/C56H37N2OP/c1-60(59)52-26-13-9-20-42(52)44-32-34-48-53(55(44)60)45-35-40(57(38-17-6-3-7-18-38)39-29-27-37(28-30-39)36-15-4-2-5-16-36)31-33-46(45)56(48)47-22-10-12-25-51(47)58-50-24-11-8-19-41(50)43-21-14-23-49(56)54(43)58/h2-35H,1H3/t56?,60-/m0/s1. The molecule has 1 aromatic heterocycles. The van der Waals surface area contributed by atoms with Crippen molar-refractivity contribution in [3.63, 3.8) is 0 Å². The average molecular weight is 785 g/mol. The van der Waals surface area contributed by atoms with Crippen LogP contribution in [0.2, 0.25) is 0 Å². The number of para-hydroxylation sites is 4. The Labute approximate surface area is 348 Å². The summed E-state index contributed by atoms with van der Waals surface area (Å²) in [6, 6.07) is 74.7. The molecule has 2 atom stereocenters. The minimum Gasteiger partial charge on any atom is -0.314 e. The van der Waals surface area contributed by atoms with Crippen LogP contribution in [0.3, 0.4) is 0 Å². The van der Waals surface area contributed by atoms with Gasteiger partial charge in [0.1, 0.15) is 7.14 Å². The van der Waals surface area contributed by atoms with E-state index in [-0.39, 0.29) is 0 Å². The highest BCUT2D eigenvalue weighted by Crippen LogP contribution is 2.64. The first-order chi connectivity index (χ1) is 29.5. The minimum absolute atomic E-state index is 0.664. The topological polar surface area (TPSA) is 25.2 Å². The summed E-state index contributed by atoms with van der Waals surface area (Å²) in [5.41, 5.74) is 17.8. The lowest BCUT2D eigenvalue weighted by Gasteiger charge is -2.39.